The molecule has 0 aliphatic carbocycles. The summed E-state index contributed by atoms with van der Waals surface area (Å²) in [5.41, 5.74) is 3.42. The van der Waals surface area contributed by atoms with Crippen molar-refractivity contribution in [1.29, 1.82) is 0 Å². The lowest BCUT2D eigenvalue weighted by Crippen LogP contribution is -2.43. The van der Waals surface area contributed by atoms with Crippen molar-refractivity contribution < 1.29 is 9.53 Å². The molecule has 1 aliphatic rings. The number of carbonyl (C=O) groups is 1. The van der Waals surface area contributed by atoms with Crippen molar-refractivity contribution in [3.05, 3.63) is 59.9 Å². The number of rotatable bonds is 10. The van der Waals surface area contributed by atoms with Crippen LogP contribution in [0, 0.1) is 5.92 Å². The number of hydrogen-bond acceptors (Lipinski definition) is 4. The first-order chi connectivity index (χ1) is 16.6. The highest BCUT2D eigenvalue weighted by Gasteiger charge is 2.28. The smallest absolute Gasteiger partial charge is 0.225 e. The average molecular weight is 463 g/mol. The van der Waals surface area contributed by atoms with Gasteiger partial charge in [-0.2, -0.15) is 0 Å². The lowest BCUT2D eigenvalue weighted by molar-refractivity contribution is -0.137. The van der Waals surface area contributed by atoms with Crippen molar-refractivity contribution in [3.63, 3.8) is 0 Å². The van der Waals surface area contributed by atoms with Gasteiger partial charge < -0.3 is 14.2 Å². The van der Waals surface area contributed by atoms with Crippen LogP contribution in [0.2, 0.25) is 0 Å². The highest BCUT2D eigenvalue weighted by Crippen LogP contribution is 2.24. The number of fused-ring (bicyclic) bond motifs is 1. The number of piperidine rings is 1. The first-order valence-corrected chi connectivity index (χ1v) is 12.7. The third-order valence-corrected chi connectivity index (χ3v) is 6.83. The standard InChI is InChI=1S/C28H38N4O2/c1-4-16-31(17-5-2)28(33)23-14-18-30(19-15-23)21-27-29-25-8-6-7-9-26(25)32(27)20-22-10-12-24(34-3)13-11-22/h6-13,23H,4-5,14-21H2,1-3H3. The maximum absolute atomic E-state index is 13.0. The molecule has 1 saturated heterocycles. The number of carbonyl (C=O) groups excluding carboxylic acids is 1. The number of likely N-dealkylation sites (tertiary alicyclic amines) is 1. The molecular weight excluding hydrogens is 424 g/mol. The molecule has 6 heteroatoms. The molecule has 0 saturated carbocycles. The fraction of sp³-hybridized carbons (Fsp3) is 0.500. The monoisotopic (exact) mass is 462 g/mol. The second-order valence-electron chi connectivity index (χ2n) is 9.33. The molecule has 1 aliphatic heterocycles. The van der Waals surface area contributed by atoms with Crippen molar-refractivity contribution >= 4 is 16.9 Å². The van der Waals surface area contributed by atoms with Crippen molar-refractivity contribution in [2.45, 2.75) is 52.6 Å². The highest BCUT2D eigenvalue weighted by molar-refractivity contribution is 5.79. The van der Waals surface area contributed by atoms with Crippen molar-refractivity contribution in [1.82, 2.24) is 19.4 Å². The van der Waals surface area contributed by atoms with Gasteiger partial charge in [0.05, 0.1) is 24.7 Å². The normalized spacial score (nSPS) is 15.0. The lowest BCUT2D eigenvalue weighted by atomic mass is 9.95. The van der Waals surface area contributed by atoms with Crippen LogP contribution in [0.3, 0.4) is 0 Å². The second kappa shape index (κ2) is 11.5. The molecule has 34 heavy (non-hydrogen) atoms. The molecule has 2 aromatic carbocycles. The largest absolute Gasteiger partial charge is 0.497 e. The number of benzene rings is 2. The van der Waals surface area contributed by atoms with Crippen LogP contribution >= 0.6 is 0 Å². The Kier molecular flexibility index (Phi) is 8.22. The molecule has 0 atom stereocenters. The van der Waals surface area contributed by atoms with E-state index in [1.807, 2.05) is 18.2 Å². The molecule has 6 nitrogen and oxygen atoms in total. The molecule has 0 unspecified atom stereocenters. The molecule has 1 aromatic heterocycles. The van der Waals surface area contributed by atoms with Gasteiger partial charge in [-0.15, -0.1) is 0 Å². The van der Waals surface area contributed by atoms with Crippen molar-refractivity contribution in [2.75, 3.05) is 33.3 Å². The van der Waals surface area contributed by atoms with E-state index in [-0.39, 0.29) is 5.92 Å². The van der Waals surface area contributed by atoms with E-state index in [0.29, 0.717) is 5.91 Å². The number of hydrogen-bond donors (Lipinski definition) is 0. The van der Waals surface area contributed by atoms with Gasteiger partial charge in [0.2, 0.25) is 5.91 Å². The Morgan fingerprint density at radius 1 is 1.00 bits per heavy atom. The quantitative estimate of drug-likeness (QED) is 0.428. The Labute approximate surface area is 203 Å². The minimum absolute atomic E-state index is 0.160. The Morgan fingerprint density at radius 3 is 2.32 bits per heavy atom. The summed E-state index contributed by atoms with van der Waals surface area (Å²) in [7, 11) is 1.69. The van der Waals surface area contributed by atoms with Crippen LogP contribution in [0.1, 0.15) is 50.9 Å². The van der Waals surface area contributed by atoms with Gasteiger partial charge in [0.1, 0.15) is 11.6 Å². The van der Waals surface area contributed by atoms with Crippen LogP contribution in [0.25, 0.3) is 11.0 Å². The summed E-state index contributed by atoms with van der Waals surface area (Å²) in [4.78, 5) is 22.6. The Morgan fingerprint density at radius 2 is 1.68 bits per heavy atom. The van der Waals surface area contributed by atoms with E-state index in [9.17, 15) is 4.79 Å². The fourth-order valence-corrected chi connectivity index (χ4v) is 5.00. The zero-order valence-corrected chi connectivity index (χ0v) is 20.9. The summed E-state index contributed by atoms with van der Waals surface area (Å²) in [5.74, 6) is 2.47. The lowest BCUT2D eigenvalue weighted by Gasteiger charge is -2.34. The Hall–Kier alpha value is -2.86. The van der Waals surface area contributed by atoms with E-state index in [4.69, 9.17) is 9.72 Å². The molecule has 3 aromatic rings. The molecule has 4 rings (SSSR count). The molecule has 1 amide bonds. The van der Waals surface area contributed by atoms with Crippen LogP contribution in [0.15, 0.2) is 48.5 Å². The van der Waals surface area contributed by atoms with Crippen molar-refractivity contribution in [3.8, 4) is 5.75 Å². The van der Waals surface area contributed by atoms with Crippen LogP contribution < -0.4 is 4.74 Å². The van der Waals surface area contributed by atoms with Gasteiger partial charge in [-0.25, -0.2) is 4.98 Å². The van der Waals surface area contributed by atoms with E-state index in [1.165, 1.54) is 5.56 Å². The van der Waals surface area contributed by atoms with E-state index < -0.39 is 0 Å². The van der Waals surface area contributed by atoms with Gasteiger partial charge in [0.15, 0.2) is 0 Å². The maximum atomic E-state index is 13.0. The summed E-state index contributed by atoms with van der Waals surface area (Å²) in [6, 6.07) is 16.6. The molecule has 1 fully saturated rings. The third-order valence-electron chi connectivity index (χ3n) is 6.83. The van der Waals surface area contributed by atoms with Gasteiger partial charge in [-0.1, -0.05) is 38.1 Å². The number of para-hydroxylation sites is 2. The molecule has 2 heterocycles. The predicted molar refractivity (Wildman–Crippen MR) is 137 cm³/mol. The highest BCUT2D eigenvalue weighted by atomic mass is 16.5. The number of aromatic nitrogens is 2. The molecular formula is C28H38N4O2. The predicted octanol–water partition coefficient (Wildman–Crippen LogP) is 4.95. The molecule has 182 valence electrons. The Bertz CT molecular complexity index is 1060. The van der Waals surface area contributed by atoms with E-state index >= 15 is 0 Å². The van der Waals surface area contributed by atoms with E-state index in [1.54, 1.807) is 7.11 Å². The van der Waals surface area contributed by atoms with Crippen molar-refractivity contribution in [2.24, 2.45) is 5.92 Å². The third kappa shape index (κ3) is 5.61. The van der Waals surface area contributed by atoms with Crippen LogP contribution in [0.5, 0.6) is 5.75 Å². The maximum Gasteiger partial charge on any atom is 0.225 e. The molecule has 0 bridgehead atoms. The number of nitrogens with zero attached hydrogens (tertiary/aromatic N) is 4. The Balaban J connectivity index is 1.45. The van der Waals surface area contributed by atoms with E-state index in [2.05, 4.69) is 58.5 Å². The summed E-state index contributed by atoms with van der Waals surface area (Å²) < 4.78 is 7.65. The topological polar surface area (TPSA) is 50.6 Å². The summed E-state index contributed by atoms with van der Waals surface area (Å²) in [5, 5.41) is 0. The summed E-state index contributed by atoms with van der Waals surface area (Å²) >= 11 is 0. The second-order valence-corrected chi connectivity index (χ2v) is 9.33. The number of amides is 1. The van der Waals surface area contributed by atoms with Gasteiger partial charge in [0.25, 0.3) is 0 Å². The zero-order valence-electron chi connectivity index (χ0n) is 20.9. The number of imidazole rings is 1. The van der Waals surface area contributed by atoms with Gasteiger partial charge in [-0.3, -0.25) is 9.69 Å². The van der Waals surface area contributed by atoms with Gasteiger partial charge in [0, 0.05) is 25.6 Å². The minimum atomic E-state index is 0.160. The molecule has 0 radical (unpaired) electrons. The SMILES string of the molecule is CCCN(CCC)C(=O)C1CCN(Cc2nc3ccccc3n2Cc2ccc(OC)cc2)CC1. The summed E-state index contributed by atoms with van der Waals surface area (Å²) in [6.07, 6.45) is 3.91. The van der Waals surface area contributed by atoms with Gasteiger partial charge in [-0.05, 0) is 68.6 Å². The van der Waals surface area contributed by atoms with Gasteiger partial charge >= 0.3 is 0 Å². The minimum Gasteiger partial charge on any atom is -0.497 e. The van der Waals surface area contributed by atoms with Crippen LogP contribution in [0.4, 0.5) is 0 Å². The number of ether oxygens (including phenoxy) is 1. The fourth-order valence-electron chi connectivity index (χ4n) is 5.00. The van der Waals surface area contributed by atoms with Crippen LogP contribution in [-0.2, 0) is 17.9 Å². The first kappa shape index (κ1) is 24.3. The van der Waals surface area contributed by atoms with Crippen LogP contribution in [-0.4, -0.2) is 58.5 Å². The van der Waals surface area contributed by atoms with E-state index in [0.717, 1.165) is 87.6 Å². The zero-order chi connectivity index (χ0) is 23.9. The molecule has 0 N–H and O–H groups in total. The number of methoxy groups -OCH3 is 1. The molecule has 0 spiro atoms. The summed E-state index contributed by atoms with van der Waals surface area (Å²) in [6.45, 7) is 9.51. The average Bonchev–Trinajstić information content (AvgIpc) is 3.21. The first-order valence-electron chi connectivity index (χ1n) is 12.7.